The van der Waals surface area contributed by atoms with Crippen LogP contribution in [0, 0.1) is 5.92 Å². The third-order valence-corrected chi connectivity index (χ3v) is 2.16. The Hall–Kier alpha value is -1.64. The van der Waals surface area contributed by atoms with Gasteiger partial charge in [-0.2, -0.15) is 0 Å². The molecular formula is C13H18O3. The molecule has 0 fully saturated rings. The number of methoxy groups -OCH3 is 1. The molecule has 0 radical (unpaired) electrons. The van der Waals surface area contributed by atoms with Crippen molar-refractivity contribution in [1.29, 1.82) is 0 Å². The molecule has 0 aliphatic heterocycles. The van der Waals surface area contributed by atoms with Crippen molar-refractivity contribution in [3.63, 3.8) is 0 Å². The molecule has 0 amide bonds. The number of ketones is 1. The van der Waals surface area contributed by atoms with E-state index >= 15 is 0 Å². The van der Waals surface area contributed by atoms with Gasteiger partial charge >= 0.3 is 5.97 Å². The van der Waals surface area contributed by atoms with Gasteiger partial charge in [0, 0.05) is 6.42 Å². The second-order valence-corrected chi connectivity index (χ2v) is 3.34. The van der Waals surface area contributed by atoms with Crippen molar-refractivity contribution < 1.29 is 14.3 Å². The van der Waals surface area contributed by atoms with E-state index < -0.39 is 0 Å². The zero-order chi connectivity index (χ0) is 12.4. The molecular weight excluding hydrogens is 204 g/mol. The third-order valence-electron chi connectivity index (χ3n) is 2.16. The summed E-state index contributed by atoms with van der Waals surface area (Å²) in [6.07, 6.45) is 8.09. The normalized spacial score (nSPS) is 12.1. The van der Waals surface area contributed by atoms with E-state index in [0.717, 1.165) is 6.42 Å². The molecule has 0 spiro atoms. The largest absolute Gasteiger partial charge is 0.469 e. The molecule has 0 aromatic heterocycles. The van der Waals surface area contributed by atoms with E-state index in [4.69, 9.17) is 0 Å². The van der Waals surface area contributed by atoms with Gasteiger partial charge in [0.05, 0.1) is 13.0 Å². The minimum atomic E-state index is -0.384. The highest BCUT2D eigenvalue weighted by molar-refractivity contribution is 5.92. The summed E-state index contributed by atoms with van der Waals surface area (Å²) >= 11 is 0. The highest BCUT2D eigenvalue weighted by atomic mass is 16.5. The first kappa shape index (κ1) is 14.4. The van der Waals surface area contributed by atoms with Gasteiger partial charge in [-0.1, -0.05) is 31.4 Å². The molecule has 3 nitrogen and oxygen atoms in total. The van der Waals surface area contributed by atoms with E-state index in [1.807, 2.05) is 12.2 Å². The maximum Gasteiger partial charge on any atom is 0.309 e. The summed E-state index contributed by atoms with van der Waals surface area (Å²) in [4.78, 5) is 22.5. The summed E-state index contributed by atoms with van der Waals surface area (Å²) in [5.41, 5.74) is 0. The first-order valence-electron chi connectivity index (χ1n) is 5.16. The Balaban J connectivity index is 4.25. The van der Waals surface area contributed by atoms with Gasteiger partial charge < -0.3 is 4.74 Å². The van der Waals surface area contributed by atoms with Crippen LogP contribution in [-0.4, -0.2) is 18.9 Å². The topological polar surface area (TPSA) is 43.4 Å². The molecule has 16 heavy (non-hydrogen) atoms. The van der Waals surface area contributed by atoms with Gasteiger partial charge in [-0.3, -0.25) is 9.59 Å². The van der Waals surface area contributed by atoms with Crippen LogP contribution >= 0.6 is 0 Å². The fourth-order valence-electron chi connectivity index (χ4n) is 1.29. The van der Waals surface area contributed by atoms with Gasteiger partial charge in [-0.05, 0) is 18.9 Å². The number of carbonyl (C=O) groups excluding carboxylic acids is 2. The second kappa shape index (κ2) is 8.65. The highest BCUT2D eigenvalue weighted by Gasteiger charge is 2.20. The minimum absolute atomic E-state index is 0.136. The van der Waals surface area contributed by atoms with Crippen molar-refractivity contribution in [2.24, 2.45) is 5.92 Å². The van der Waals surface area contributed by atoms with Crippen LogP contribution in [0.15, 0.2) is 37.5 Å². The average molecular weight is 222 g/mol. The SMILES string of the molecule is C=C/C=C/CCC(CC(=O)C=C)C(=O)OC. The average Bonchev–Trinajstić information content (AvgIpc) is 2.31. The maximum atomic E-state index is 11.4. The molecule has 0 rings (SSSR count). The lowest BCUT2D eigenvalue weighted by Gasteiger charge is -2.11. The number of rotatable bonds is 8. The second-order valence-electron chi connectivity index (χ2n) is 3.34. The lowest BCUT2D eigenvalue weighted by molar-refractivity contribution is -0.147. The fourth-order valence-corrected chi connectivity index (χ4v) is 1.29. The lowest BCUT2D eigenvalue weighted by atomic mass is 9.97. The molecule has 88 valence electrons. The molecule has 3 heteroatoms. The molecule has 1 atom stereocenters. The Labute approximate surface area is 96.5 Å². The predicted octanol–water partition coefficient (Wildman–Crippen LogP) is 2.44. The van der Waals surface area contributed by atoms with E-state index in [2.05, 4.69) is 17.9 Å². The Morgan fingerprint density at radius 1 is 1.38 bits per heavy atom. The van der Waals surface area contributed by atoms with Crippen molar-refractivity contribution in [3.05, 3.63) is 37.5 Å². The molecule has 0 bridgehead atoms. The van der Waals surface area contributed by atoms with Crippen molar-refractivity contribution in [1.82, 2.24) is 0 Å². The van der Waals surface area contributed by atoms with Crippen LogP contribution in [0.3, 0.4) is 0 Å². The quantitative estimate of drug-likeness (QED) is 0.360. The van der Waals surface area contributed by atoms with E-state index in [-0.39, 0.29) is 24.1 Å². The number of esters is 1. The van der Waals surface area contributed by atoms with Crippen molar-refractivity contribution in [2.45, 2.75) is 19.3 Å². The van der Waals surface area contributed by atoms with Crippen LogP contribution in [0.2, 0.25) is 0 Å². The standard InChI is InChI=1S/C13H18O3/c1-4-6-7-8-9-11(13(15)16-3)10-12(14)5-2/h4-7,11H,1-2,8-10H2,3H3/b7-6+. The summed E-state index contributed by atoms with van der Waals surface area (Å²) in [5.74, 6) is -0.865. The molecule has 0 heterocycles. The molecule has 0 saturated heterocycles. The number of allylic oxidation sites excluding steroid dienone is 4. The summed E-state index contributed by atoms with van der Waals surface area (Å²) in [6, 6.07) is 0. The maximum absolute atomic E-state index is 11.4. The van der Waals surface area contributed by atoms with E-state index in [1.165, 1.54) is 13.2 Å². The van der Waals surface area contributed by atoms with Gasteiger partial charge in [-0.25, -0.2) is 0 Å². The zero-order valence-corrected chi connectivity index (χ0v) is 9.65. The molecule has 0 aliphatic rings. The van der Waals surface area contributed by atoms with Gasteiger partial charge in [0.1, 0.15) is 0 Å². The van der Waals surface area contributed by atoms with Crippen LogP contribution in [0.5, 0.6) is 0 Å². The lowest BCUT2D eigenvalue weighted by Crippen LogP contribution is -2.19. The molecule has 0 aliphatic carbocycles. The summed E-state index contributed by atoms with van der Waals surface area (Å²) < 4.78 is 4.65. The van der Waals surface area contributed by atoms with E-state index in [1.54, 1.807) is 6.08 Å². The first-order valence-corrected chi connectivity index (χ1v) is 5.16. The van der Waals surface area contributed by atoms with Crippen molar-refractivity contribution in [3.8, 4) is 0 Å². The smallest absolute Gasteiger partial charge is 0.309 e. The number of ether oxygens (including phenoxy) is 1. The minimum Gasteiger partial charge on any atom is -0.469 e. The Morgan fingerprint density at radius 3 is 2.56 bits per heavy atom. The fraction of sp³-hybridized carbons (Fsp3) is 0.385. The van der Waals surface area contributed by atoms with Crippen LogP contribution in [0.25, 0.3) is 0 Å². The Bertz CT molecular complexity index is 290. The van der Waals surface area contributed by atoms with Crippen LogP contribution < -0.4 is 0 Å². The number of carbonyl (C=O) groups is 2. The van der Waals surface area contributed by atoms with E-state index in [9.17, 15) is 9.59 Å². The Morgan fingerprint density at radius 2 is 2.06 bits per heavy atom. The highest BCUT2D eigenvalue weighted by Crippen LogP contribution is 2.14. The van der Waals surface area contributed by atoms with Crippen LogP contribution in [0.4, 0.5) is 0 Å². The number of hydrogen-bond donors (Lipinski definition) is 0. The number of hydrogen-bond acceptors (Lipinski definition) is 3. The Kier molecular flexibility index (Phi) is 7.76. The predicted molar refractivity (Wildman–Crippen MR) is 63.9 cm³/mol. The van der Waals surface area contributed by atoms with Gasteiger partial charge in [0.15, 0.2) is 5.78 Å². The molecule has 1 unspecified atom stereocenters. The monoisotopic (exact) mass is 222 g/mol. The molecule has 0 aromatic carbocycles. The van der Waals surface area contributed by atoms with Gasteiger partial charge in [-0.15, -0.1) is 0 Å². The van der Waals surface area contributed by atoms with Crippen molar-refractivity contribution in [2.75, 3.05) is 7.11 Å². The summed E-state index contributed by atoms with van der Waals surface area (Å²) in [6.45, 7) is 6.92. The van der Waals surface area contributed by atoms with Gasteiger partial charge in [0.2, 0.25) is 0 Å². The summed E-state index contributed by atoms with van der Waals surface area (Å²) in [7, 11) is 1.33. The third kappa shape index (κ3) is 5.96. The van der Waals surface area contributed by atoms with Crippen molar-refractivity contribution >= 4 is 11.8 Å². The first-order chi connectivity index (χ1) is 7.65. The summed E-state index contributed by atoms with van der Waals surface area (Å²) in [5, 5.41) is 0. The zero-order valence-electron chi connectivity index (χ0n) is 9.65. The molecule has 0 saturated carbocycles. The molecule has 0 aromatic rings. The van der Waals surface area contributed by atoms with Crippen LogP contribution in [0.1, 0.15) is 19.3 Å². The van der Waals surface area contributed by atoms with E-state index in [0.29, 0.717) is 6.42 Å². The van der Waals surface area contributed by atoms with Crippen LogP contribution in [-0.2, 0) is 14.3 Å². The molecule has 0 N–H and O–H groups in total. The van der Waals surface area contributed by atoms with Gasteiger partial charge in [0.25, 0.3) is 0 Å².